The Labute approximate surface area is 148 Å². The molecule has 0 rings (SSSR count). The number of carbonyl (C=O) groups is 2. The van der Waals surface area contributed by atoms with Crippen molar-refractivity contribution in [2.45, 2.75) is 112 Å². The molecule has 4 heteroatoms. The van der Waals surface area contributed by atoms with E-state index in [9.17, 15) is 9.59 Å². The number of unbranched alkanes of at least 4 members (excludes halogenated alkanes) is 2. The molecule has 0 fully saturated rings. The Balaban J connectivity index is 5.46. The Kier molecular flexibility index (Phi) is 9.01. The molecule has 0 bridgehead atoms. The minimum atomic E-state index is -0.776. The SMILES string of the molecule is CCCCC(CCCC)(CC(=O)OC(C)(C)C)C(=O)OC(C)(C)C. The lowest BCUT2D eigenvalue weighted by Gasteiger charge is -2.35. The largest absolute Gasteiger partial charge is 0.460 e. The fourth-order valence-corrected chi connectivity index (χ4v) is 2.65. The second kappa shape index (κ2) is 9.43. The second-order valence-corrected chi connectivity index (χ2v) is 8.75. The van der Waals surface area contributed by atoms with Gasteiger partial charge < -0.3 is 9.47 Å². The Morgan fingerprint density at radius 1 is 0.750 bits per heavy atom. The molecule has 142 valence electrons. The van der Waals surface area contributed by atoms with Crippen LogP contribution in [0.2, 0.25) is 0 Å². The molecule has 0 aliphatic rings. The topological polar surface area (TPSA) is 52.6 Å². The van der Waals surface area contributed by atoms with Gasteiger partial charge >= 0.3 is 11.9 Å². The third-order valence-corrected chi connectivity index (χ3v) is 3.75. The van der Waals surface area contributed by atoms with Crippen LogP contribution in [0.1, 0.15) is 100 Å². The van der Waals surface area contributed by atoms with Crippen LogP contribution in [0.4, 0.5) is 0 Å². The highest BCUT2D eigenvalue weighted by Crippen LogP contribution is 2.38. The fraction of sp³-hybridized carbons (Fsp3) is 0.900. The molecule has 0 aromatic heterocycles. The average Bonchev–Trinajstić information content (AvgIpc) is 2.37. The molecular formula is C20H38O4. The van der Waals surface area contributed by atoms with Crippen molar-refractivity contribution >= 4 is 11.9 Å². The van der Waals surface area contributed by atoms with Crippen LogP contribution in [0.3, 0.4) is 0 Å². The molecule has 0 amide bonds. The van der Waals surface area contributed by atoms with Crippen LogP contribution < -0.4 is 0 Å². The first-order chi connectivity index (χ1) is 10.9. The van der Waals surface area contributed by atoms with Gasteiger partial charge in [0.1, 0.15) is 11.2 Å². The zero-order valence-electron chi connectivity index (χ0n) is 17.1. The second-order valence-electron chi connectivity index (χ2n) is 8.75. The lowest BCUT2D eigenvalue weighted by atomic mass is 9.75. The van der Waals surface area contributed by atoms with Gasteiger partial charge in [0.05, 0.1) is 11.8 Å². The number of esters is 2. The van der Waals surface area contributed by atoms with Crippen molar-refractivity contribution in [3.05, 3.63) is 0 Å². The molecule has 0 unspecified atom stereocenters. The summed E-state index contributed by atoms with van der Waals surface area (Å²) < 4.78 is 11.2. The summed E-state index contributed by atoms with van der Waals surface area (Å²) >= 11 is 0. The van der Waals surface area contributed by atoms with Crippen molar-refractivity contribution in [2.24, 2.45) is 5.41 Å². The van der Waals surface area contributed by atoms with Gasteiger partial charge in [-0.25, -0.2) is 0 Å². The third kappa shape index (κ3) is 9.29. The van der Waals surface area contributed by atoms with E-state index in [1.54, 1.807) is 0 Å². The van der Waals surface area contributed by atoms with Gasteiger partial charge in [-0.3, -0.25) is 9.59 Å². The molecular weight excluding hydrogens is 304 g/mol. The maximum atomic E-state index is 13.0. The minimum Gasteiger partial charge on any atom is -0.460 e. The van der Waals surface area contributed by atoms with Crippen molar-refractivity contribution in [3.8, 4) is 0 Å². The van der Waals surface area contributed by atoms with Crippen LogP contribution in [0.5, 0.6) is 0 Å². The van der Waals surface area contributed by atoms with E-state index in [0.717, 1.165) is 25.7 Å². The van der Waals surface area contributed by atoms with E-state index in [1.165, 1.54) is 0 Å². The van der Waals surface area contributed by atoms with Gasteiger partial charge in [0.15, 0.2) is 0 Å². The zero-order chi connectivity index (χ0) is 19.0. The standard InChI is InChI=1S/C20H38O4/c1-9-11-13-20(14-12-10-2,17(22)24-19(6,7)8)15-16(21)23-18(3,4)5/h9-15H2,1-8H3. The highest BCUT2D eigenvalue weighted by Gasteiger charge is 2.43. The van der Waals surface area contributed by atoms with Gasteiger partial charge in [-0.1, -0.05) is 39.5 Å². The molecule has 0 saturated heterocycles. The Morgan fingerprint density at radius 3 is 1.50 bits per heavy atom. The van der Waals surface area contributed by atoms with E-state index in [0.29, 0.717) is 12.8 Å². The van der Waals surface area contributed by atoms with Gasteiger partial charge in [0, 0.05) is 0 Å². The molecule has 0 N–H and O–H groups in total. The van der Waals surface area contributed by atoms with E-state index >= 15 is 0 Å². The van der Waals surface area contributed by atoms with Gasteiger partial charge in [0.25, 0.3) is 0 Å². The quantitative estimate of drug-likeness (QED) is 0.524. The van der Waals surface area contributed by atoms with Crippen LogP contribution >= 0.6 is 0 Å². The fourth-order valence-electron chi connectivity index (χ4n) is 2.65. The lowest BCUT2D eigenvalue weighted by Crippen LogP contribution is -2.41. The van der Waals surface area contributed by atoms with Crippen LogP contribution in [-0.2, 0) is 19.1 Å². The highest BCUT2D eigenvalue weighted by molar-refractivity contribution is 5.84. The first-order valence-electron chi connectivity index (χ1n) is 9.30. The maximum absolute atomic E-state index is 13.0. The van der Waals surface area contributed by atoms with E-state index in [2.05, 4.69) is 13.8 Å². The van der Waals surface area contributed by atoms with Gasteiger partial charge in [-0.2, -0.15) is 0 Å². The van der Waals surface area contributed by atoms with E-state index in [-0.39, 0.29) is 18.4 Å². The van der Waals surface area contributed by atoms with Crippen molar-refractivity contribution < 1.29 is 19.1 Å². The van der Waals surface area contributed by atoms with Crippen molar-refractivity contribution in [1.82, 2.24) is 0 Å². The Bertz CT molecular complexity index is 391. The molecule has 0 saturated carbocycles. The number of carbonyl (C=O) groups excluding carboxylic acids is 2. The van der Waals surface area contributed by atoms with Crippen molar-refractivity contribution in [1.29, 1.82) is 0 Å². The Hall–Kier alpha value is -1.06. The average molecular weight is 343 g/mol. The molecule has 0 aliphatic carbocycles. The molecule has 0 aliphatic heterocycles. The highest BCUT2D eigenvalue weighted by atomic mass is 16.6. The van der Waals surface area contributed by atoms with Gasteiger partial charge in [-0.05, 0) is 54.4 Å². The molecule has 4 nitrogen and oxygen atoms in total. The Morgan fingerprint density at radius 2 is 1.17 bits per heavy atom. The molecule has 0 spiro atoms. The third-order valence-electron chi connectivity index (χ3n) is 3.75. The predicted octanol–water partition coefficient (Wildman–Crippen LogP) is 5.43. The summed E-state index contributed by atoms with van der Waals surface area (Å²) in [6.45, 7) is 15.3. The zero-order valence-corrected chi connectivity index (χ0v) is 17.1. The van der Waals surface area contributed by atoms with Gasteiger partial charge in [-0.15, -0.1) is 0 Å². The molecule has 0 aromatic rings. The maximum Gasteiger partial charge on any atom is 0.313 e. The summed E-state index contributed by atoms with van der Waals surface area (Å²) in [4.78, 5) is 25.4. The summed E-state index contributed by atoms with van der Waals surface area (Å²) in [5.41, 5.74) is -1.89. The lowest BCUT2D eigenvalue weighted by molar-refractivity contribution is -0.176. The molecule has 0 atom stereocenters. The van der Waals surface area contributed by atoms with Crippen LogP contribution in [0.25, 0.3) is 0 Å². The molecule has 0 aromatic carbocycles. The molecule has 0 heterocycles. The monoisotopic (exact) mass is 342 g/mol. The molecule has 24 heavy (non-hydrogen) atoms. The number of rotatable bonds is 9. The number of hydrogen-bond acceptors (Lipinski definition) is 4. The number of ether oxygens (including phenoxy) is 2. The predicted molar refractivity (Wildman–Crippen MR) is 97.8 cm³/mol. The summed E-state index contributed by atoms with van der Waals surface area (Å²) in [5, 5.41) is 0. The van der Waals surface area contributed by atoms with Crippen molar-refractivity contribution in [2.75, 3.05) is 0 Å². The first kappa shape index (κ1) is 22.9. The normalized spacial score (nSPS) is 12.8. The molecule has 0 radical (unpaired) electrons. The van der Waals surface area contributed by atoms with Crippen LogP contribution in [0.15, 0.2) is 0 Å². The first-order valence-corrected chi connectivity index (χ1v) is 9.30. The van der Waals surface area contributed by atoms with Crippen LogP contribution in [-0.4, -0.2) is 23.1 Å². The summed E-state index contributed by atoms with van der Waals surface area (Å²) in [6, 6.07) is 0. The van der Waals surface area contributed by atoms with E-state index < -0.39 is 16.6 Å². The summed E-state index contributed by atoms with van der Waals surface area (Å²) in [6.07, 6.45) is 5.17. The van der Waals surface area contributed by atoms with Crippen molar-refractivity contribution in [3.63, 3.8) is 0 Å². The van der Waals surface area contributed by atoms with E-state index in [4.69, 9.17) is 9.47 Å². The summed E-state index contributed by atoms with van der Waals surface area (Å²) in [5.74, 6) is -0.580. The van der Waals surface area contributed by atoms with E-state index in [1.807, 2.05) is 41.5 Å². The summed E-state index contributed by atoms with van der Waals surface area (Å²) in [7, 11) is 0. The minimum absolute atomic E-state index is 0.0964. The number of hydrogen-bond donors (Lipinski definition) is 0. The smallest absolute Gasteiger partial charge is 0.313 e. The van der Waals surface area contributed by atoms with Crippen LogP contribution in [0, 0.1) is 5.41 Å². The van der Waals surface area contributed by atoms with Gasteiger partial charge in [0.2, 0.25) is 0 Å².